The van der Waals surface area contributed by atoms with E-state index < -0.39 is 0 Å². The molecule has 2 heterocycles. The molecule has 5 heteroatoms. The molecule has 0 amide bonds. The second-order valence-corrected chi connectivity index (χ2v) is 5.87. The van der Waals surface area contributed by atoms with Gasteiger partial charge in [0.1, 0.15) is 0 Å². The van der Waals surface area contributed by atoms with Gasteiger partial charge in [-0.3, -0.25) is 0 Å². The number of hydrogen-bond donors (Lipinski definition) is 0. The van der Waals surface area contributed by atoms with Gasteiger partial charge in [0.25, 0.3) is 0 Å². The molecule has 1 aromatic heterocycles. The van der Waals surface area contributed by atoms with Gasteiger partial charge < -0.3 is 14.0 Å². The summed E-state index contributed by atoms with van der Waals surface area (Å²) in [5, 5.41) is 0. The first-order valence-electron chi connectivity index (χ1n) is 6.69. The van der Waals surface area contributed by atoms with Crippen LogP contribution in [0.2, 0.25) is 0 Å². The molecule has 1 aliphatic rings. The number of rotatable bonds is 3. The second kappa shape index (κ2) is 4.80. The van der Waals surface area contributed by atoms with E-state index in [1.807, 2.05) is 6.07 Å². The summed E-state index contributed by atoms with van der Waals surface area (Å²) in [7, 11) is 1.26. The highest BCUT2D eigenvalue weighted by Crippen LogP contribution is 2.36. The summed E-state index contributed by atoms with van der Waals surface area (Å²) in [5.74, 6) is 0.622. The van der Waals surface area contributed by atoms with Gasteiger partial charge in [-0.05, 0) is 39.7 Å². The Balaban J connectivity index is 2.34. The summed E-state index contributed by atoms with van der Waals surface area (Å²) >= 11 is 0. The smallest absolute Gasteiger partial charge is 0.481 e. The minimum absolute atomic E-state index is 0.331. The van der Waals surface area contributed by atoms with Crippen molar-refractivity contribution in [1.82, 2.24) is 4.98 Å². The maximum atomic E-state index is 6.06. The Bertz CT molecular complexity index is 458. The average Bonchev–Trinajstić information content (AvgIpc) is 2.57. The molecular formula is C14H22BNO3. The Morgan fingerprint density at radius 3 is 2.26 bits per heavy atom. The fraction of sp³-hybridized carbons (Fsp3) is 0.643. The van der Waals surface area contributed by atoms with Crippen molar-refractivity contribution in [2.24, 2.45) is 0 Å². The first-order chi connectivity index (χ1) is 8.80. The van der Waals surface area contributed by atoms with Gasteiger partial charge >= 0.3 is 7.12 Å². The van der Waals surface area contributed by atoms with Crippen LogP contribution < -0.4 is 10.2 Å². The molecule has 1 saturated heterocycles. The molecule has 0 aliphatic carbocycles. The third kappa shape index (κ3) is 2.49. The lowest BCUT2D eigenvalue weighted by molar-refractivity contribution is 0.00578. The number of aryl methyl sites for hydroxylation is 1. The molecule has 0 N–H and O–H groups in total. The van der Waals surface area contributed by atoms with E-state index in [9.17, 15) is 0 Å². The van der Waals surface area contributed by atoms with Crippen LogP contribution in [0.15, 0.2) is 12.3 Å². The zero-order chi connectivity index (χ0) is 14.3. The van der Waals surface area contributed by atoms with Gasteiger partial charge in [-0.25, -0.2) is 4.98 Å². The number of nitrogens with zero attached hydrogens (tertiary/aromatic N) is 1. The lowest BCUT2D eigenvalue weighted by Gasteiger charge is -2.32. The molecule has 2 rings (SSSR count). The van der Waals surface area contributed by atoms with E-state index >= 15 is 0 Å². The molecule has 0 saturated carbocycles. The number of methoxy groups -OCH3 is 1. The molecular weight excluding hydrogens is 241 g/mol. The van der Waals surface area contributed by atoms with Crippen molar-refractivity contribution in [1.29, 1.82) is 0 Å². The zero-order valence-electron chi connectivity index (χ0n) is 12.6. The third-order valence-electron chi connectivity index (χ3n) is 4.10. The first-order valence-corrected chi connectivity index (χ1v) is 6.69. The van der Waals surface area contributed by atoms with Gasteiger partial charge in [-0.15, -0.1) is 0 Å². The van der Waals surface area contributed by atoms with Gasteiger partial charge in [-0.2, -0.15) is 0 Å². The molecule has 0 atom stereocenters. The van der Waals surface area contributed by atoms with Crippen LogP contribution in [0.3, 0.4) is 0 Å². The number of ether oxygens (including phenoxy) is 1. The molecule has 0 radical (unpaired) electrons. The number of aromatic nitrogens is 1. The minimum Gasteiger partial charge on any atom is -0.481 e. The maximum Gasteiger partial charge on any atom is 0.496 e. The van der Waals surface area contributed by atoms with E-state index in [4.69, 9.17) is 14.0 Å². The molecule has 104 valence electrons. The van der Waals surface area contributed by atoms with E-state index in [0.717, 1.165) is 17.4 Å². The van der Waals surface area contributed by atoms with Crippen molar-refractivity contribution in [3.8, 4) is 5.88 Å². The Labute approximate surface area is 115 Å². The standard InChI is InChI=1S/C14H22BNO3/c1-7-10-8-12(17-6)16-9-11(10)15-18-13(2,3)14(4,5)19-15/h8-9H,7H2,1-6H3. The molecule has 19 heavy (non-hydrogen) atoms. The quantitative estimate of drug-likeness (QED) is 0.781. The van der Waals surface area contributed by atoms with E-state index in [1.54, 1.807) is 13.3 Å². The predicted octanol–water partition coefficient (Wildman–Crippen LogP) is 1.95. The predicted molar refractivity (Wildman–Crippen MR) is 75.9 cm³/mol. The largest absolute Gasteiger partial charge is 0.496 e. The lowest BCUT2D eigenvalue weighted by atomic mass is 9.76. The van der Waals surface area contributed by atoms with Crippen molar-refractivity contribution >= 4 is 12.6 Å². The van der Waals surface area contributed by atoms with Crippen LogP contribution in [0.25, 0.3) is 0 Å². The third-order valence-corrected chi connectivity index (χ3v) is 4.10. The van der Waals surface area contributed by atoms with Crippen molar-refractivity contribution in [2.45, 2.75) is 52.2 Å². The molecule has 0 spiro atoms. The number of hydrogen-bond acceptors (Lipinski definition) is 4. The van der Waals surface area contributed by atoms with Gasteiger partial charge in [0.2, 0.25) is 5.88 Å². The molecule has 1 aliphatic heterocycles. The second-order valence-electron chi connectivity index (χ2n) is 5.87. The highest BCUT2D eigenvalue weighted by Gasteiger charge is 2.52. The first kappa shape index (κ1) is 14.3. The SMILES string of the molecule is CCc1cc(OC)ncc1B1OC(C)(C)C(C)(C)O1. The Kier molecular flexibility index (Phi) is 3.62. The fourth-order valence-corrected chi connectivity index (χ4v) is 2.09. The minimum atomic E-state index is -0.363. The van der Waals surface area contributed by atoms with Crippen LogP contribution in [0, 0.1) is 0 Å². The van der Waals surface area contributed by atoms with Crippen LogP contribution in [-0.2, 0) is 15.7 Å². The Hall–Kier alpha value is -1.07. The summed E-state index contributed by atoms with van der Waals surface area (Å²) in [6.45, 7) is 10.3. The highest BCUT2D eigenvalue weighted by molar-refractivity contribution is 6.62. The van der Waals surface area contributed by atoms with E-state index in [1.165, 1.54) is 0 Å². The zero-order valence-corrected chi connectivity index (χ0v) is 12.6. The van der Waals surface area contributed by atoms with Crippen LogP contribution in [0.4, 0.5) is 0 Å². The lowest BCUT2D eigenvalue weighted by Crippen LogP contribution is -2.41. The van der Waals surface area contributed by atoms with Gasteiger partial charge in [-0.1, -0.05) is 6.92 Å². The molecule has 0 bridgehead atoms. The van der Waals surface area contributed by atoms with Gasteiger partial charge in [0.15, 0.2) is 0 Å². The van der Waals surface area contributed by atoms with Crippen molar-refractivity contribution in [2.75, 3.05) is 7.11 Å². The van der Waals surface area contributed by atoms with Gasteiger partial charge in [0, 0.05) is 17.7 Å². The molecule has 4 nitrogen and oxygen atoms in total. The fourth-order valence-electron chi connectivity index (χ4n) is 2.09. The maximum absolute atomic E-state index is 6.06. The molecule has 1 aromatic rings. The number of pyridine rings is 1. The Morgan fingerprint density at radius 2 is 1.79 bits per heavy atom. The average molecular weight is 263 g/mol. The summed E-state index contributed by atoms with van der Waals surface area (Å²) < 4.78 is 17.3. The van der Waals surface area contributed by atoms with Crippen LogP contribution in [-0.4, -0.2) is 30.4 Å². The van der Waals surface area contributed by atoms with E-state index in [-0.39, 0.29) is 18.3 Å². The molecule has 1 fully saturated rings. The van der Waals surface area contributed by atoms with Crippen LogP contribution >= 0.6 is 0 Å². The molecule has 0 aromatic carbocycles. The van der Waals surface area contributed by atoms with E-state index in [2.05, 4.69) is 39.6 Å². The highest BCUT2D eigenvalue weighted by atomic mass is 16.7. The van der Waals surface area contributed by atoms with Crippen molar-refractivity contribution in [3.63, 3.8) is 0 Å². The van der Waals surface area contributed by atoms with Crippen LogP contribution in [0.1, 0.15) is 40.2 Å². The summed E-state index contributed by atoms with van der Waals surface area (Å²) in [6.07, 6.45) is 2.68. The van der Waals surface area contributed by atoms with Crippen molar-refractivity contribution in [3.05, 3.63) is 17.8 Å². The monoisotopic (exact) mass is 263 g/mol. The Morgan fingerprint density at radius 1 is 1.21 bits per heavy atom. The summed E-state index contributed by atoms with van der Waals surface area (Å²) in [6, 6.07) is 1.94. The normalized spacial score (nSPS) is 20.6. The van der Waals surface area contributed by atoms with Crippen molar-refractivity contribution < 1.29 is 14.0 Å². The summed E-state index contributed by atoms with van der Waals surface area (Å²) in [5.41, 5.74) is 1.47. The summed E-state index contributed by atoms with van der Waals surface area (Å²) in [4.78, 5) is 4.26. The topological polar surface area (TPSA) is 40.6 Å². The van der Waals surface area contributed by atoms with E-state index in [0.29, 0.717) is 5.88 Å². The molecule has 0 unspecified atom stereocenters. The van der Waals surface area contributed by atoms with Crippen LogP contribution in [0.5, 0.6) is 5.88 Å². The van der Waals surface area contributed by atoms with Gasteiger partial charge in [0.05, 0.1) is 18.3 Å².